The van der Waals surface area contributed by atoms with Gasteiger partial charge in [-0.25, -0.2) is 0 Å². The van der Waals surface area contributed by atoms with Crippen LogP contribution in [0, 0.1) is 34.3 Å². The number of nitro groups is 1. The Hall–Kier alpha value is -2.89. The van der Waals surface area contributed by atoms with E-state index in [1.54, 1.807) is 12.1 Å². The molecule has 0 aromatic heterocycles. The third kappa shape index (κ3) is 3.41. The summed E-state index contributed by atoms with van der Waals surface area (Å²) in [7, 11) is 0. The number of hydrogen-bond donors (Lipinski definition) is 0. The van der Waals surface area contributed by atoms with Crippen molar-refractivity contribution in [2.75, 3.05) is 31.1 Å². The monoisotopic (exact) mass is 459 g/mol. The minimum Gasteiger partial charge on any atom is -0.362 e. The number of anilines is 1. The van der Waals surface area contributed by atoms with Gasteiger partial charge in [-0.05, 0) is 74.3 Å². The SMILES string of the molecule is Cc1ccc(C23CC4CC(CC(C(=O)N5CCN(c6ccccc6[N+](=O)[O-])CC5)(C4)C2)C3)cc1. The molecule has 34 heavy (non-hydrogen) atoms. The van der Waals surface area contributed by atoms with Gasteiger partial charge in [0.15, 0.2) is 0 Å². The molecule has 178 valence electrons. The third-order valence-electron chi connectivity index (χ3n) is 9.16. The second kappa shape index (κ2) is 7.82. The molecule has 1 saturated heterocycles. The van der Waals surface area contributed by atoms with Crippen LogP contribution in [0.5, 0.6) is 0 Å². The summed E-state index contributed by atoms with van der Waals surface area (Å²) in [5, 5.41) is 11.5. The molecule has 5 fully saturated rings. The van der Waals surface area contributed by atoms with E-state index in [2.05, 4.69) is 41.0 Å². The van der Waals surface area contributed by atoms with E-state index < -0.39 is 0 Å². The fraction of sp³-hybridized carbons (Fsp3) is 0.536. The zero-order valence-corrected chi connectivity index (χ0v) is 19.9. The number of carbonyl (C=O) groups excluding carboxylic acids is 1. The van der Waals surface area contributed by atoms with Gasteiger partial charge in [0, 0.05) is 32.2 Å². The Bertz CT molecular complexity index is 1110. The molecule has 1 heterocycles. The molecule has 2 atom stereocenters. The van der Waals surface area contributed by atoms with E-state index >= 15 is 0 Å². The molecule has 7 rings (SSSR count). The van der Waals surface area contributed by atoms with Gasteiger partial charge in [-0.3, -0.25) is 14.9 Å². The highest BCUT2D eigenvalue weighted by molar-refractivity contribution is 5.84. The van der Waals surface area contributed by atoms with Crippen molar-refractivity contribution >= 4 is 17.3 Å². The van der Waals surface area contributed by atoms with Crippen molar-refractivity contribution in [3.63, 3.8) is 0 Å². The molecule has 4 saturated carbocycles. The minimum absolute atomic E-state index is 0.142. The van der Waals surface area contributed by atoms with Crippen molar-refractivity contribution < 1.29 is 9.72 Å². The van der Waals surface area contributed by atoms with E-state index in [4.69, 9.17) is 0 Å². The fourth-order valence-electron chi connectivity index (χ4n) is 8.13. The number of rotatable bonds is 4. The smallest absolute Gasteiger partial charge is 0.292 e. The second-order valence-corrected chi connectivity index (χ2v) is 11.4. The van der Waals surface area contributed by atoms with Gasteiger partial charge in [0.1, 0.15) is 5.69 Å². The largest absolute Gasteiger partial charge is 0.362 e. The lowest BCUT2D eigenvalue weighted by Gasteiger charge is -2.62. The first-order chi connectivity index (χ1) is 16.4. The molecule has 2 aromatic carbocycles. The Balaban J connectivity index is 1.22. The van der Waals surface area contributed by atoms with Gasteiger partial charge < -0.3 is 9.80 Å². The highest BCUT2D eigenvalue weighted by Crippen LogP contribution is 2.66. The molecule has 2 unspecified atom stereocenters. The summed E-state index contributed by atoms with van der Waals surface area (Å²) in [6.07, 6.45) is 6.81. The van der Waals surface area contributed by atoms with Gasteiger partial charge in [0.2, 0.25) is 5.91 Å². The molecule has 4 aliphatic carbocycles. The summed E-state index contributed by atoms with van der Waals surface area (Å²) in [5.74, 6) is 1.65. The molecule has 0 radical (unpaired) electrons. The first-order valence-corrected chi connectivity index (χ1v) is 12.7. The van der Waals surface area contributed by atoms with Gasteiger partial charge >= 0.3 is 0 Å². The molecular formula is C28H33N3O3. The molecule has 0 N–H and O–H groups in total. The van der Waals surface area contributed by atoms with Crippen LogP contribution >= 0.6 is 0 Å². The molecule has 6 heteroatoms. The number of para-hydroxylation sites is 2. The number of hydrogen-bond acceptors (Lipinski definition) is 4. The van der Waals surface area contributed by atoms with Crippen LogP contribution in [-0.4, -0.2) is 41.9 Å². The van der Waals surface area contributed by atoms with E-state index in [0.717, 1.165) is 19.3 Å². The summed E-state index contributed by atoms with van der Waals surface area (Å²) >= 11 is 0. The van der Waals surface area contributed by atoms with Crippen LogP contribution in [-0.2, 0) is 10.2 Å². The average Bonchev–Trinajstić information content (AvgIpc) is 2.83. The highest BCUT2D eigenvalue weighted by Gasteiger charge is 2.61. The average molecular weight is 460 g/mol. The maximum Gasteiger partial charge on any atom is 0.292 e. The van der Waals surface area contributed by atoms with Crippen LogP contribution in [0.2, 0.25) is 0 Å². The number of benzene rings is 2. The van der Waals surface area contributed by atoms with Crippen LogP contribution in [0.25, 0.3) is 0 Å². The zero-order chi connectivity index (χ0) is 23.5. The van der Waals surface area contributed by atoms with E-state index in [0.29, 0.717) is 49.6 Å². The summed E-state index contributed by atoms with van der Waals surface area (Å²) in [6, 6.07) is 16.0. The van der Waals surface area contributed by atoms with Gasteiger partial charge in [-0.1, -0.05) is 42.0 Å². The highest BCUT2D eigenvalue weighted by atomic mass is 16.6. The zero-order valence-electron chi connectivity index (χ0n) is 19.9. The van der Waals surface area contributed by atoms with Gasteiger partial charge in [0.05, 0.1) is 10.3 Å². The van der Waals surface area contributed by atoms with Crippen molar-refractivity contribution in [2.45, 2.75) is 50.9 Å². The van der Waals surface area contributed by atoms with Crippen LogP contribution in [0.3, 0.4) is 0 Å². The lowest BCUT2D eigenvalue weighted by atomic mass is 9.42. The lowest BCUT2D eigenvalue weighted by Crippen LogP contribution is -2.61. The maximum atomic E-state index is 14.1. The molecule has 1 aliphatic heterocycles. The first kappa shape index (κ1) is 21.6. The van der Waals surface area contributed by atoms with Gasteiger partial charge in [-0.2, -0.15) is 0 Å². The minimum atomic E-state index is -0.313. The Labute approximate surface area is 201 Å². The van der Waals surface area contributed by atoms with Crippen molar-refractivity contribution in [2.24, 2.45) is 17.3 Å². The number of nitrogens with zero attached hydrogens (tertiary/aromatic N) is 3. The van der Waals surface area contributed by atoms with E-state index in [-0.39, 0.29) is 21.4 Å². The molecular weight excluding hydrogens is 426 g/mol. The van der Waals surface area contributed by atoms with Crippen LogP contribution in [0.4, 0.5) is 11.4 Å². The van der Waals surface area contributed by atoms with E-state index in [1.165, 1.54) is 30.4 Å². The maximum absolute atomic E-state index is 14.1. The van der Waals surface area contributed by atoms with Crippen molar-refractivity contribution in [3.05, 3.63) is 69.8 Å². The van der Waals surface area contributed by atoms with Crippen molar-refractivity contribution in [3.8, 4) is 0 Å². The van der Waals surface area contributed by atoms with Crippen molar-refractivity contribution in [1.29, 1.82) is 0 Å². The van der Waals surface area contributed by atoms with Crippen LogP contribution in [0.15, 0.2) is 48.5 Å². The Morgan fingerprint density at radius 2 is 1.59 bits per heavy atom. The molecule has 2 aromatic rings. The van der Waals surface area contributed by atoms with E-state index in [9.17, 15) is 14.9 Å². The Morgan fingerprint density at radius 1 is 0.941 bits per heavy atom. The third-order valence-corrected chi connectivity index (χ3v) is 9.16. The fourth-order valence-corrected chi connectivity index (χ4v) is 8.13. The van der Waals surface area contributed by atoms with Crippen molar-refractivity contribution in [1.82, 2.24) is 4.90 Å². The predicted molar refractivity (Wildman–Crippen MR) is 132 cm³/mol. The molecule has 5 aliphatic rings. The molecule has 6 nitrogen and oxygen atoms in total. The topological polar surface area (TPSA) is 66.7 Å². The lowest BCUT2D eigenvalue weighted by molar-refractivity contribution is -0.384. The number of nitro benzene ring substituents is 1. The van der Waals surface area contributed by atoms with Crippen LogP contribution < -0.4 is 4.90 Å². The quantitative estimate of drug-likeness (QED) is 0.472. The normalized spacial score (nSPS) is 32.1. The van der Waals surface area contributed by atoms with Gasteiger partial charge in [-0.15, -0.1) is 0 Å². The predicted octanol–water partition coefficient (Wildman–Crippen LogP) is 5.09. The second-order valence-electron chi connectivity index (χ2n) is 11.4. The number of amides is 1. The summed E-state index contributed by atoms with van der Waals surface area (Å²) in [4.78, 5) is 29.4. The Kier molecular flexibility index (Phi) is 4.98. The van der Waals surface area contributed by atoms with Gasteiger partial charge in [0.25, 0.3) is 5.69 Å². The molecule has 4 bridgehead atoms. The number of piperazine rings is 1. The van der Waals surface area contributed by atoms with Crippen LogP contribution in [0.1, 0.15) is 49.7 Å². The summed E-state index contributed by atoms with van der Waals surface area (Å²) < 4.78 is 0. The Morgan fingerprint density at radius 3 is 2.24 bits per heavy atom. The molecule has 1 amide bonds. The van der Waals surface area contributed by atoms with E-state index in [1.807, 2.05) is 12.1 Å². The number of aryl methyl sites for hydroxylation is 1. The molecule has 0 spiro atoms. The summed E-state index contributed by atoms with van der Waals surface area (Å²) in [6.45, 7) is 4.70. The summed E-state index contributed by atoms with van der Waals surface area (Å²) in [5.41, 5.74) is 3.45. The number of carbonyl (C=O) groups is 1. The first-order valence-electron chi connectivity index (χ1n) is 12.7. The standard InChI is InChI=1S/C28H33N3O3/c1-20-6-8-23(9-7-20)27-15-21-14-22(16-27)18-28(17-21,19-27)26(32)30-12-10-29(11-13-30)24-4-2-3-5-25(24)31(33)34/h2-9,21-22H,10-19H2,1H3.